The van der Waals surface area contributed by atoms with Gasteiger partial charge in [0.2, 0.25) is 0 Å². The fourth-order valence-corrected chi connectivity index (χ4v) is 2.00. The minimum atomic E-state index is 0.797. The molecule has 0 aliphatic carbocycles. The molecule has 1 aromatic carbocycles. The highest BCUT2D eigenvalue weighted by Crippen LogP contribution is 2.35. The Kier molecular flexibility index (Phi) is 2.62. The molecule has 0 saturated heterocycles. The van der Waals surface area contributed by atoms with Crippen LogP contribution in [-0.4, -0.2) is 26.5 Å². The van der Waals surface area contributed by atoms with Gasteiger partial charge in [0, 0.05) is 23.4 Å². The van der Waals surface area contributed by atoms with Crippen molar-refractivity contribution in [3.05, 3.63) is 23.3 Å². The first kappa shape index (κ1) is 10.0. The quantitative estimate of drug-likeness (QED) is 0.740. The largest absolute Gasteiger partial charge is 0.493 e. The molecule has 80 valence electrons. The Bertz CT molecular complexity index is 410. The number of aliphatic imine (C=N–C) groups is 1. The molecule has 0 radical (unpaired) electrons. The molecule has 1 heterocycles. The lowest BCUT2D eigenvalue weighted by Crippen LogP contribution is -2.11. The molecule has 3 heteroatoms. The first-order valence-electron chi connectivity index (χ1n) is 5.03. The maximum atomic E-state index is 5.40. The van der Waals surface area contributed by atoms with Gasteiger partial charge in [0.25, 0.3) is 0 Å². The lowest BCUT2D eigenvalue weighted by atomic mass is 9.97. The van der Waals surface area contributed by atoms with Gasteiger partial charge in [0.05, 0.1) is 14.2 Å². The molecule has 0 unspecified atom stereocenters. The van der Waals surface area contributed by atoms with Crippen molar-refractivity contribution in [1.82, 2.24) is 0 Å². The highest BCUT2D eigenvalue weighted by atomic mass is 16.5. The van der Waals surface area contributed by atoms with E-state index in [0.717, 1.165) is 30.2 Å². The second-order valence-corrected chi connectivity index (χ2v) is 3.54. The number of nitrogens with zero attached hydrogens (tertiary/aromatic N) is 1. The van der Waals surface area contributed by atoms with Gasteiger partial charge in [-0.25, -0.2) is 0 Å². The van der Waals surface area contributed by atoms with Crippen LogP contribution in [0, 0.1) is 0 Å². The molecular weight excluding hydrogens is 190 g/mol. The molecule has 0 N–H and O–H groups in total. The standard InChI is InChI=1S/C12H15NO2/c1-8-9-4-5-11(14-2)12(15-3)10(9)6-7-13-8/h4-5H,6-7H2,1-3H3. The molecule has 1 aliphatic heterocycles. The number of ether oxygens (including phenoxy) is 2. The third kappa shape index (κ3) is 1.58. The van der Waals surface area contributed by atoms with Crippen molar-refractivity contribution in [2.75, 3.05) is 20.8 Å². The van der Waals surface area contributed by atoms with Crippen LogP contribution in [0.5, 0.6) is 11.5 Å². The summed E-state index contributed by atoms with van der Waals surface area (Å²) in [7, 11) is 3.34. The summed E-state index contributed by atoms with van der Waals surface area (Å²) in [4.78, 5) is 4.42. The summed E-state index contributed by atoms with van der Waals surface area (Å²) in [6, 6.07) is 3.98. The fraction of sp³-hybridized carbons (Fsp3) is 0.417. The smallest absolute Gasteiger partial charge is 0.164 e. The molecule has 0 aromatic heterocycles. The lowest BCUT2D eigenvalue weighted by molar-refractivity contribution is 0.351. The summed E-state index contributed by atoms with van der Waals surface area (Å²) in [5.41, 5.74) is 3.47. The Morgan fingerprint density at radius 3 is 2.67 bits per heavy atom. The fourth-order valence-electron chi connectivity index (χ4n) is 2.00. The van der Waals surface area contributed by atoms with Gasteiger partial charge < -0.3 is 9.47 Å². The molecule has 1 aliphatic rings. The highest BCUT2D eigenvalue weighted by molar-refractivity contribution is 6.01. The van der Waals surface area contributed by atoms with E-state index in [1.165, 1.54) is 11.1 Å². The summed E-state index contributed by atoms with van der Waals surface area (Å²) in [5, 5.41) is 0. The predicted molar refractivity (Wildman–Crippen MR) is 60.3 cm³/mol. The summed E-state index contributed by atoms with van der Waals surface area (Å²) >= 11 is 0. The van der Waals surface area contributed by atoms with Crippen LogP contribution < -0.4 is 9.47 Å². The van der Waals surface area contributed by atoms with Gasteiger partial charge in [-0.2, -0.15) is 0 Å². The number of rotatable bonds is 2. The molecule has 0 atom stereocenters. The summed E-state index contributed by atoms with van der Waals surface area (Å²) in [6.07, 6.45) is 0.924. The van der Waals surface area contributed by atoms with E-state index in [1.54, 1.807) is 14.2 Å². The van der Waals surface area contributed by atoms with Crippen LogP contribution in [-0.2, 0) is 6.42 Å². The summed E-state index contributed by atoms with van der Waals surface area (Å²) in [5.74, 6) is 1.65. The number of methoxy groups -OCH3 is 2. The number of benzene rings is 1. The second-order valence-electron chi connectivity index (χ2n) is 3.54. The number of fused-ring (bicyclic) bond motifs is 1. The van der Waals surface area contributed by atoms with Crippen molar-refractivity contribution in [2.24, 2.45) is 4.99 Å². The first-order valence-corrected chi connectivity index (χ1v) is 5.03. The average molecular weight is 205 g/mol. The first-order chi connectivity index (χ1) is 7.27. The Hall–Kier alpha value is -1.51. The van der Waals surface area contributed by atoms with E-state index in [9.17, 15) is 0 Å². The van der Waals surface area contributed by atoms with Crippen LogP contribution in [0.15, 0.2) is 17.1 Å². The molecule has 15 heavy (non-hydrogen) atoms. The van der Waals surface area contributed by atoms with E-state index in [0.29, 0.717) is 0 Å². The number of hydrogen-bond acceptors (Lipinski definition) is 3. The molecule has 3 nitrogen and oxygen atoms in total. The highest BCUT2D eigenvalue weighted by Gasteiger charge is 2.18. The summed E-state index contributed by atoms with van der Waals surface area (Å²) < 4.78 is 10.7. The Balaban J connectivity index is 2.60. The normalized spacial score (nSPS) is 14.2. The van der Waals surface area contributed by atoms with Gasteiger partial charge in [0.15, 0.2) is 11.5 Å². The molecule has 0 amide bonds. The Morgan fingerprint density at radius 1 is 1.20 bits per heavy atom. The van der Waals surface area contributed by atoms with Crippen molar-refractivity contribution in [2.45, 2.75) is 13.3 Å². The monoisotopic (exact) mass is 205 g/mol. The molecule has 0 spiro atoms. The molecule has 1 aromatic rings. The van der Waals surface area contributed by atoms with Gasteiger partial charge in [0.1, 0.15) is 0 Å². The lowest BCUT2D eigenvalue weighted by Gasteiger charge is -2.19. The van der Waals surface area contributed by atoms with Crippen LogP contribution in [0.25, 0.3) is 0 Å². The minimum absolute atomic E-state index is 0.797. The maximum absolute atomic E-state index is 5.40. The van der Waals surface area contributed by atoms with Gasteiger partial charge in [-0.05, 0) is 25.5 Å². The van der Waals surface area contributed by atoms with E-state index in [4.69, 9.17) is 9.47 Å². The zero-order valence-electron chi connectivity index (χ0n) is 9.33. The van der Waals surface area contributed by atoms with Crippen LogP contribution in [0.4, 0.5) is 0 Å². The van der Waals surface area contributed by atoms with Crippen molar-refractivity contribution in [3.63, 3.8) is 0 Å². The molecule has 0 saturated carbocycles. The van der Waals surface area contributed by atoms with Gasteiger partial charge in [-0.15, -0.1) is 0 Å². The van der Waals surface area contributed by atoms with Gasteiger partial charge in [-0.1, -0.05) is 0 Å². The molecular formula is C12H15NO2. The second kappa shape index (κ2) is 3.93. The van der Waals surface area contributed by atoms with E-state index in [1.807, 2.05) is 13.0 Å². The van der Waals surface area contributed by atoms with E-state index in [-0.39, 0.29) is 0 Å². The van der Waals surface area contributed by atoms with Gasteiger partial charge >= 0.3 is 0 Å². The average Bonchev–Trinajstić information content (AvgIpc) is 2.28. The van der Waals surface area contributed by atoms with Crippen LogP contribution in [0.1, 0.15) is 18.1 Å². The van der Waals surface area contributed by atoms with Crippen molar-refractivity contribution >= 4 is 5.71 Å². The third-order valence-electron chi connectivity index (χ3n) is 2.75. The van der Waals surface area contributed by atoms with Crippen molar-refractivity contribution < 1.29 is 9.47 Å². The third-order valence-corrected chi connectivity index (χ3v) is 2.75. The maximum Gasteiger partial charge on any atom is 0.164 e. The minimum Gasteiger partial charge on any atom is -0.493 e. The van der Waals surface area contributed by atoms with E-state index >= 15 is 0 Å². The molecule has 0 fully saturated rings. The van der Waals surface area contributed by atoms with E-state index < -0.39 is 0 Å². The molecule has 2 rings (SSSR count). The predicted octanol–water partition coefficient (Wildman–Crippen LogP) is 2.07. The topological polar surface area (TPSA) is 30.8 Å². The zero-order valence-corrected chi connectivity index (χ0v) is 9.33. The molecule has 0 bridgehead atoms. The summed E-state index contributed by atoms with van der Waals surface area (Å²) in [6.45, 7) is 2.87. The van der Waals surface area contributed by atoms with Crippen LogP contribution in [0.2, 0.25) is 0 Å². The number of hydrogen-bond donors (Lipinski definition) is 0. The Morgan fingerprint density at radius 2 is 2.00 bits per heavy atom. The Labute approximate surface area is 89.7 Å². The van der Waals surface area contributed by atoms with Crippen molar-refractivity contribution in [1.29, 1.82) is 0 Å². The van der Waals surface area contributed by atoms with Gasteiger partial charge in [-0.3, -0.25) is 4.99 Å². The van der Waals surface area contributed by atoms with Crippen molar-refractivity contribution in [3.8, 4) is 11.5 Å². The van der Waals surface area contributed by atoms with E-state index in [2.05, 4.69) is 11.1 Å². The van der Waals surface area contributed by atoms with Crippen LogP contribution in [0.3, 0.4) is 0 Å². The van der Waals surface area contributed by atoms with Crippen LogP contribution >= 0.6 is 0 Å². The zero-order chi connectivity index (χ0) is 10.8. The SMILES string of the molecule is COc1ccc2c(c1OC)CCN=C2C.